The summed E-state index contributed by atoms with van der Waals surface area (Å²) >= 11 is 4.26. The summed E-state index contributed by atoms with van der Waals surface area (Å²) in [5.74, 6) is -1.57. The van der Waals surface area contributed by atoms with E-state index >= 15 is 0 Å². The predicted molar refractivity (Wildman–Crippen MR) is 52.8 cm³/mol. The van der Waals surface area contributed by atoms with Crippen LogP contribution in [0.5, 0.6) is 0 Å². The van der Waals surface area contributed by atoms with Crippen molar-refractivity contribution in [3.05, 3.63) is 35.4 Å². The van der Waals surface area contributed by atoms with Crippen molar-refractivity contribution in [1.29, 1.82) is 0 Å². The lowest BCUT2D eigenvalue weighted by atomic mass is 10.1. The van der Waals surface area contributed by atoms with Gasteiger partial charge < -0.3 is 5.11 Å². The van der Waals surface area contributed by atoms with Crippen LogP contribution in [0.25, 0.3) is 0 Å². The summed E-state index contributed by atoms with van der Waals surface area (Å²) in [4.78, 5) is 24.8. The van der Waals surface area contributed by atoms with E-state index in [1.165, 1.54) is 24.3 Å². The highest BCUT2D eigenvalue weighted by Crippen LogP contribution is 2.05. The van der Waals surface area contributed by atoms with Crippen LogP contribution in [0.3, 0.4) is 0 Å². The van der Waals surface area contributed by atoms with Crippen LogP contribution >= 0.6 is 12.2 Å². The molecule has 14 heavy (non-hydrogen) atoms. The number of carbonyl (C=O) groups excluding carboxylic acids is 1. The van der Waals surface area contributed by atoms with Crippen LogP contribution in [0.1, 0.15) is 20.7 Å². The first-order valence-electron chi connectivity index (χ1n) is 3.60. The third-order valence-corrected chi connectivity index (χ3v) is 1.62. The minimum absolute atomic E-state index is 0.118. The standard InChI is InChI=1S/C9H5NO3S/c11-8(10-5-14)6-1-3-7(4-2-6)9(12)13/h1-4H,(H,12,13). The maximum Gasteiger partial charge on any atom is 0.335 e. The van der Waals surface area contributed by atoms with Crippen molar-refractivity contribution in [3.8, 4) is 0 Å². The topological polar surface area (TPSA) is 66.7 Å². The van der Waals surface area contributed by atoms with Crippen molar-refractivity contribution in [1.82, 2.24) is 0 Å². The zero-order valence-electron chi connectivity index (χ0n) is 6.93. The molecular weight excluding hydrogens is 202 g/mol. The fraction of sp³-hybridized carbons (Fsp3) is 0. The minimum Gasteiger partial charge on any atom is -0.478 e. The van der Waals surface area contributed by atoms with Crippen LogP contribution < -0.4 is 0 Å². The number of aliphatic imine (C=N–C) groups is 1. The number of carboxylic acid groups (broad SMARTS) is 1. The van der Waals surface area contributed by atoms with Crippen LogP contribution in [-0.2, 0) is 0 Å². The maximum atomic E-state index is 11.1. The van der Waals surface area contributed by atoms with E-state index in [1.807, 2.05) is 5.16 Å². The molecule has 4 nitrogen and oxygen atoms in total. The van der Waals surface area contributed by atoms with Gasteiger partial charge in [0.05, 0.1) is 10.7 Å². The Hall–Kier alpha value is -1.84. The molecular formula is C9H5NO3S. The number of aromatic carboxylic acids is 1. The van der Waals surface area contributed by atoms with Gasteiger partial charge in [-0.05, 0) is 36.5 Å². The Labute approximate surface area is 84.9 Å². The van der Waals surface area contributed by atoms with Crippen molar-refractivity contribution in [2.75, 3.05) is 0 Å². The van der Waals surface area contributed by atoms with Crippen LogP contribution in [0, 0.1) is 0 Å². The minimum atomic E-state index is -1.04. The molecule has 1 amide bonds. The van der Waals surface area contributed by atoms with E-state index in [-0.39, 0.29) is 11.1 Å². The Morgan fingerprint density at radius 2 is 1.71 bits per heavy atom. The van der Waals surface area contributed by atoms with Gasteiger partial charge in [0, 0.05) is 5.56 Å². The molecule has 0 fully saturated rings. The van der Waals surface area contributed by atoms with Gasteiger partial charge in [-0.1, -0.05) is 0 Å². The van der Waals surface area contributed by atoms with Crippen molar-refractivity contribution >= 4 is 29.3 Å². The first-order chi connectivity index (χ1) is 6.65. The van der Waals surface area contributed by atoms with Gasteiger partial charge in [0.15, 0.2) is 0 Å². The zero-order chi connectivity index (χ0) is 10.6. The Morgan fingerprint density at radius 1 is 1.21 bits per heavy atom. The molecule has 0 unspecified atom stereocenters. The molecule has 1 rings (SSSR count). The maximum absolute atomic E-state index is 11.1. The van der Waals surface area contributed by atoms with Gasteiger partial charge >= 0.3 is 5.97 Å². The molecule has 0 aromatic heterocycles. The fourth-order valence-corrected chi connectivity index (χ4v) is 0.944. The molecule has 0 aliphatic rings. The summed E-state index contributed by atoms with van der Waals surface area (Å²) in [6.07, 6.45) is 0. The van der Waals surface area contributed by atoms with Crippen LogP contribution in [0.15, 0.2) is 29.3 Å². The average Bonchev–Trinajstić information content (AvgIpc) is 2.18. The molecule has 70 valence electrons. The summed E-state index contributed by atoms with van der Waals surface area (Å²) in [5, 5.41) is 10.5. The number of thiocarbonyl (C=S) groups is 1. The molecule has 5 heteroatoms. The van der Waals surface area contributed by atoms with E-state index < -0.39 is 11.9 Å². The van der Waals surface area contributed by atoms with Crippen molar-refractivity contribution in [3.63, 3.8) is 0 Å². The zero-order valence-corrected chi connectivity index (χ0v) is 7.75. The lowest BCUT2D eigenvalue weighted by Gasteiger charge is -1.95. The normalized spacial score (nSPS) is 8.86. The first-order valence-corrected chi connectivity index (χ1v) is 4.01. The van der Waals surface area contributed by atoms with Gasteiger partial charge in [-0.15, -0.1) is 0 Å². The highest BCUT2D eigenvalue weighted by Gasteiger charge is 2.05. The van der Waals surface area contributed by atoms with Crippen molar-refractivity contribution in [2.24, 2.45) is 4.99 Å². The number of hydrogen-bond acceptors (Lipinski definition) is 3. The Bertz CT molecular complexity index is 418. The molecule has 0 saturated carbocycles. The van der Waals surface area contributed by atoms with Crippen LogP contribution in [-0.4, -0.2) is 22.1 Å². The SMILES string of the molecule is O=C(O)c1ccc(C(=O)N=C=S)cc1. The summed E-state index contributed by atoms with van der Waals surface area (Å²) < 4.78 is 0. The number of carbonyl (C=O) groups is 2. The number of hydrogen-bond donors (Lipinski definition) is 1. The summed E-state index contributed by atoms with van der Waals surface area (Å²) in [6, 6.07) is 5.41. The number of carboxylic acids is 1. The number of benzene rings is 1. The second kappa shape index (κ2) is 4.41. The van der Waals surface area contributed by atoms with Crippen molar-refractivity contribution < 1.29 is 14.7 Å². The highest BCUT2D eigenvalue weighted by atomic mass is 32.1. The molecule has 0 saturated heterocycles. The largest absolute Gasteiger partial charge is 0.478 e. The molecule has 0 aliphatic heterocycles. The van der Waals surface area contributed by atoms with Gasteiger partial charge in [0.1, 0.15) is 0 Å². The predicted octanol–water partition coefficient (Wildman–Crippen LogP) is 1.63. The van der Waals surface area contributed by atoms with Gasteiger partial charge in [-0.3, -0.25) is 4.79 Å². The number of isothiocyanates is 1. The summed E-state index contributed by atoms with van der Waals surface area (Å²) in [7, 11) is 0. The molecule has 0 heterocycles. The molecule has 0 atom stereocenters. The molecule has 0 aliphatic carbocycles. The number of rotatable bonds is 2. The molecule has 1 N–H and O–H groups in total. The van der Waals surface area contributed by atoms with Crippen LogP contribution in [0.2, 0.25) is 0 Å². The highest BCUT2D eigenvalue weighted by molar-refractivity contribution is 7.78. The summed E-state index contributed by atoms with van der Waals surface area (Å²) in [5.41, 5.74) is 0.403. The second-order valence-corrected chi connectivity index (χ2v) is 2.57. The fourth-order valence-electron chi connectivity index (χ4n) is 0.861. The van der Waals surface area contributed by atoms with E-state index in [1.54, 1.807) is 0 Å². The summed E-state index contributed by atoms with van der Waals surface area (Å²) in [6.45, 7) is 0. The second-order valence-electron chi connectivity index (χ2n) is 2.39. The third kappa shape index (κ3) is 2.32. The molecule has 0 bridgehead atoms. The van der Waals surface area contributed by atoms with Gasteiger partial charge in [0.25, 0.3) is 5.91 Å². The Morgan fingerprint density at radius 3 is 2.14 bits per heavy atom. The Kier molecular flexibility index (Phi) is 3.23. The Balaban J connectivity index is 2.99. The van der Waals surface area contributed by atoms with E-state index in [2.05, 4.69) is 17.2 Å². The third-order valence-electron chi connectivity index (χ3n) is 1.53. The van der Waals surface area contributed by atoms with E-state index in [9.17, 15) is 9.59 Å². The van der Waals surface area contributed by atoms with Crippen molar-refractivity contribution in [2.45, 2.75) is 0 Å². The smallest absolute Gasteiger partial charge is 0.335 e. The van der Waals surface area contributed by atoms with Crippen LogP contribution in [0.4, 0.5) is 0 Å². The van der Waals surface area contributed by atoms with E-state index in [0.717, 1.165) is 0 Å². The lowest BCUT2D eigenvalue weighted by Crippen LogP contribution is -1.98. The van der Waals surface area contributed by atoms with Gasteiger partial charge in [-0.2, -0.15) is 4.99 Å². The molecule has 0 spiro atoms. The van der Waals surface area contributed by atoms with E-state index in [0.29, 0.717) is 0 Å². The number of nitrogens with zero attached hydrogens (tertiary/aromatic N) is 1. The molecule has 1 aromatic carbocycles. The average molecular weight is 207 g/mol. The first kappa shape index (κ1) is 10.2. The number of amides is 1. The van der Waals surface area contributed by atoms with Gasteiger partial charge in [-0.25, -0.2) is 4.79 Å². The monoisotopic (exact) mass is 207 g/mol. The lowest BCUT2D eigenvalue weighted by molar-refractivity contribution is 0.0696. The molecule has 1 aromatic rings. The quantitative estimate of drug-likeness (QED) is 0.591. The van der Waals surface area contributed by atoms with Gasteiger partial charge in [0.2, 0.25) is 0 Å². The van der Waals surface area contributed by atoms with E-state index in [4.69, 9.17) is 5.11 Å². The molecule has 0 radical (unpaired) electrons.